The molecular formula is C14H13N. The van der Waals surface area contributed by atoms with Gasteiger partial charge in [0.15, 0.2) is 0 Å². The number of benzene rings is 1. The van der Waals surface area contributed by atoms with Gasteiger partial charge in [0.05, 0.1) is 5.69 Å². The van der Waals surface area contributed by atoms with Gasteiger partial charge in [0.2, 0.25) is 0 Å². The molecule has 0 spiro atoms. The molecule has 74 valence electrons. The Morgan fingerprint density at radius 2 is 2.27 bits per heavy atom. The van der Waals surface area contributed by atoms with Gasteiger partial charge >= 0.3 is 0 Å². The Morgan fingerprint density at radius 1 is 1.33 bits per heavy atom. The minimum atomic E-state index is 0.909. The standard InChI is InChI=1S/C14H13N/c1-2-9-15-14-12(4-1)5-3-6-13(14)10-11-7-8-11/h2-6,9,11H,7-8,10H2. The molecule has 0 amide bonds. The van der Waals surface area contributed by atoms with Crippen LogP contribution in [0.25, 0.3) is 6.08 Å². The molecule has 1 aliphatic heterocycles. The number of nitrogens with zero attached hydrogens (tertiary/aromatic N) is 1. The third-order valence-corrected chi connectivity index (χ3v) is 2.97. The van der Waals surface area contributed by atoms with Crippen LogP contribution in [0, 0.1) is 5.92 Å². The normalized spacial score (nSPS) is 17.6. The summed E-state index contributed by atoms with van der Waals surface area (Å²) in [6.07, 6.45) is 9.68. The van der Waals surface area contributed by atoms with Gasteiger partial charge in [-0.25, -0.2) is 0 Å². The number of fused-ring (bicyclic) bond motifs is 1. The van der Waals surface area contributed by atoms with Crippen molar-refractivity contribution < 1.29 is 0 Å². The highest BCUT2D eigenvalue weighted by Gasteiger charge is 2.23. The first kappa shape index (κ1) is 8.70. The fourth-order valence-corrected chi connectivity index (χ4v) is 1.98. The van der Waals surface area contributed by atoms with E-state index in [0.717, 1.165) is 11.6 Å². The Labute approximate surface area is 89.9 Å². The summed E-state index contributed by atoms with van der Waals surface area (Å²) in [5.74, 6) is 0.909. The van der Waals surface area contributed by atoms with Crippen molar-refractivity contribution in [1.82, 2.24) is 0 Å². The molecule has 0 radical (unpaired) electrons. The average molecular weight is 195 g/mol. The molecule has 2 aliphatic rings. The molecule has 1 aliphatic carbocycles. The van der Waals surface area contributed by atoms with Crippen molar-refractivity contribution in [3.05, 3.63) is 41.1 Å². The predicted octanol–water partition coefficient (Wildman–Crippen LogP) is 3.52. The molecule has 1 aromatic rings. The molecule has 1 aromatic carbocycles. The lowest BCUT2D eigenvalue weighted by atomic mass is 10.0. The van der Waals surface area contributed by atoms with Gasteiger partial charge in [0.25, 0.3) is 0 Å². The van der Waals surface area contributed by atoms with Crippen molar-refractivity contribution in [3.63, 3.8) is 0 Å². The lowest BCUT2D eigenvalue weighted by Crippen LogP contribution is -1.89. The minimum Gasteiger partial charge on any atom is -0.255 e. The highest BCUT2D eigenvalue weighted by Crippen LogP contribution is 2.36. The van der Waals surface area contributed by atoms with Crippen LogP contribution in [0.15, 0.2) is 35.0 Å². The van der Waals surface area contributed by atoms with E-state index in [0.29, 0.717) is 0 Å². The molecular weight excluding hydrogens is 182 g/mol. The number of aliphatic imine (C=N–C) groups is 1. The summed E-state index contributed by atoms with van der Waals surface area (Å²) in [7, 11) is 0. The van der Waals surface area contributed by atoms with Gasteiger partial charge in [-0.15, -0.1) is 5.73 Å². The highest BCUT2D eigenvalue weighted by molar-refractivity contribution is 5.81. The van der Waals surface area contributed by atoms with Crippen LogP contribution in [0.4, 0.5) is 5.69 Å². The second-order valence-corrected chi connectivity index (χ2v) is 4.26. The van der Waals surface area contributed by atoms with E-state index in [1.807, 2.05) is 18.4 Å². The van der Waals surface area contributed by atoms with Crippen LogP contribution < -0.4 is 0 Å². The highest BCUT2D eigenvalue weighted by atomic mass is 14.7. The lowest BCUT2D eigenvalue weighted by Gasteiger charge is -2.06. The monoisotopic (exact) mass is 195 g/mol. The SMILES string of the molecule is C1=CC=Nc2c(cccc2CC2CC2)C=1. The summed E-state index contributed by atoms with van der Waals surface area (Å²) in [6.45, 7) is 0. The molecule has 1 nitrogen and oxygen atoms in total. The zero-order chi connectivity index (χ0) is 10.1. The molecule has 0 atom stereocenters. The van der Waals surface area contributed by atoms with E-state index in [9.17, 15) is 0 Å². The molecule has 1 heterocycles. The third kappa shape index (κ3) is 1.79. The van der Waals surface area contributed by atoms with Gasteiger partial charge < -0.3 is 0 Å². The summed E-state index contributed by atoms with van der Waals surface area (Å²) in [5, 5.41) is 0. The van der Waals surface area contributed by atoms with Crippen LogP contribution >= 0.6 is 0 Å². The zero-order valence-corrected chi connectivity index (χ0v) is 8.61. The van der Waals surface area contributed by atoms with Crippen LogP contribution in [-0.4, -0.2) is 6.21 Å². The first-order valence-electron chi connectivity index (χ1n) is 5.50. The molecule has 0 aromatic heterocycles. The van der Waals surface area contributed by atoms with Crippen LogP contribution in [0.1, 0.15) is 24.0 Å². The Bertz CT molecular complexity index is 472. The summed E-state index contributed by atoms with van der Waals surface area (Å²) < 4.78 is 0. The Hall–Kier alpha value is -1.59. The number of para-hydroxylation sites is 1. The third-order valence-electron chi connectivity index (χ3n) is 2.97. The van der Waals surface area contributed by atoms with E-state index in [1.54, 1.807) is 0 Å². The Balaban J connectivity index is 2.05. The summed E-state index contributed by atoms with van der Waals surface area (Å²) in [6, 6.07) is 6.43. The van der Waals surface area contributed by atoms with Crippen LogP contribution in [0.5, 0.6) is 0 Å². The maximum atomic E-state index is 4.49. The maximum Gasteiger partial charge on any atom is 0.0740 e. The molecule has 0 bridgehead atoms. The number of allylic oxidation sites excluding steroid dienone is 1. The molecule has 0 unspecified atom stereocenters. The van der Waals surface area contributed by atoms with E-state index in [2.05, 4.69) is 28.9 Å². The van der Waals surface area contributed by atoms with Crippen molar-refractivity contribution in [1.29, 1.82) is 0 Å². The number of rotatable bonds is 2. The van der Waals surface area contributed by atoms with Gasteiger partial charge in [0, 0.05) is 11.8 Å². The molecule has 0 saturated heterocycles. The van der Waals surface area contributed by atoms with Crippen molar-refractivity contribution in [2.45, 2.75) is 19.3 Å². The van der Waals surface area contributed by atoms with Crippen molar-refractivity contribution >= 4 is 18.0 Å². The van der Waals surface area contributed by atoms with Gasteiger partial charge in [-0.1, -0.05) is 18.2 Å². The van der Waals surface area contributed by atoms with Crippen LogP contribution in [-0.2, 0) is 6.42 Å². The van der Waals surface area contributed by atoms with Gasteiger partial charge in [-0.2, -0.15) is 0 Å². The first-order chi connectivity index (χ1) is 7.43. The van der Waals surface area contributed by atoms with E-state index in [-0.39, 0.29) is 0 Å². The second-order valence-electron chi connectivity index (χ2n) is 4.26. The van der Waals surface area contributed by atoms with Crippen LogP contribution in [0.3, 0.4) is 0 Å². The van der Waals surface area contributed by atoms with Crippen molar-refractivity contribution in [3.8, 4) is 0 Å². The molecule has 1 fully saturated rings. The second kappa shape index (κ2) is 3.52. The lowest BCUT2D eigenvalue weighted by molar-refractivity contribution is 0.832. The van der Waals surface area contributed by atoms with Crippen molar-refractivity contribution in [2.75, 3.05) is 0 Å². The van der Waals surface area contributed by atoms with Crippen molar-refractivity contribution in [2.24, 2.45) is 10.9 Å². The topological polar surface area (TPSA) is 12.4 Å². The number of hydrogen-bond donors (Lipinski definition) is 0. The molecule has 1 saturated carbocycles. The summed E-state index contributed by atoms with van der Waals surface area (Å²) in [5.41, 5.74) is 6.83. The first-order valence-corrected chi connectivity index (χ1v) is 5.50. The smallest absolute Gasteiger partial charge is 0.0740 e. The van der Waals surface area contributed by atoms with E-state index >= 15 is 0 Å². The largest absolute Gasteiger partial charge is 0.255 e. The quantitative estimate of drug-likeness (QED) is 0.640. The van der Waals surface area contributed by atoms with E-state index in [1.165, 1.54) is 30.4 Å². The zero-order valence-electron chi connectivity index (χ0n) is 8.61. The van der Waals surface area contributed by atoms with Crippen LogP contribution in [0.2, 0.25) is 0 Å². The predicted molar refractivity (Wildman–Crippen MR) is 63.6 cm³/mol. The van der Waals surface area contributed by atoms with E-state index < -0.39 is 0 Å². The molecule has 3 rings (SSSR count). The maximum absolute atomic E-state index is 4.49. The minimum absolute atomic E-state index is 0.909. The fraction of sp³-hybridized carbons (Fsp3) is 0.286. The Kier molecular flexibility index (Phi) is 2.04. The van der Waals surface area contributed by atoms with E-state index in [4.69, 9.17) is 0 Å². The fourth-order valence-electron chi connectivity index (χ4n) is 1.98. The molecule has 1 heteroatoms. The average Bonchev–Trinajstić information content (AvgIpc) is 3.03. The summed E-state index contributed by atoms with van der Waals surface area (Å²) in [4.78, 5) is 4.49. The summed E-state index contributed by atoms with van der Waals surface area (Å²) >= 11 is 0. The van der Waals surface area contributed by atoms with Gasteiger partial charge in [-0.05, 0) is 42.9 Å². The number of hydrogen-bond acceptors (Lipinski definition) is 1. The van der Waals surface area contributed by atoms with Gasteiger partial charge in [0.1, 0.15) is 0 Å². The molecule has 0 N–H and O–H groups in total. The van der Waals surface area contributed by atoms with Gasteiger partial charge in [-0.3, -0.25) is 4.99 Å². The Morgan fingerprint density at radius 3 is 3.13 bits per heavy atom. The molecule has 15 heavy (non-hydrogen) atoms.